The van der Waals surface area contributed by atoms with Crippen LogP contribution in [0.15, 0.2) is 12.1 Å². The van der Waals surface area contributed by atoms with E-state index >= 15 is 0 Å². The zero-order chi connectivity index (χ0) is 12.4. The molecular formula is C13H19FN2O. The number of halogens is 1. The summed E-state index contributed by atoms with van der Waals surface area (Å²) < 4.78 is 18.5. The molecule has 1 aliphatic heterocycles. The molecule has 17 heavy (non-hydrogen) atoms. The number of rotatable bonds is 3. The van der Waals surface area contributed by atoms with Gasteiger partial charge in [0.15, 0.2) is 11.6 Å². The number of hydrogen-bond acceptors (Lipinski definition) is 3. The van der Waals surface area contributed by atoms with Crippen molar-refractivity contribution in [2.45, 2.75) is 26.3 Å². The standard InChI is InChI=1S/C13H19FN2O/c1-4-8(2)12-7-15-10-5-9(14)13(17-3)6-11(10)16-12/h5-6,8,12,15-16H,4,7H2,1-3H3. The first-order chi connectivity index (χ1) is 8.15. The largest absolute Gasteiger partial charge is 0.494 e. The molecule has 94 valence electrons. The molecule has 2 unspecified atom stereocenters. The third kappa shape index (κ3) is 2.30. The summed E-state index contributed by atoms with van der Waals surface area (Å²) >= 11 is 0. The minimum absolute atomic E-state index is 0.280. The number of hydrogen-bond donors (Lipinski definition) is 2. The van der Waals surface area contributed by atoms with Gasteiger partial charge in [0.25, 0.3) is 0 Å². The van der Waals surface area contributed by atoms with Crippen LogP contribution in [0.5, 0.6) is 5.75 Å². The minimum Gasteiger partial charge on any atom is -0.494 e. The molecule has 0 amide bonds. The van der Waals surface area contributed by atoms with Gasteiger partial charge in [-0.25, -0.2) is 4.39 Å². The van der Waals surface area contributed by atoms with E-state index in [4.69, 9.17) is 4.74 Å². The predicted octanol–water partition coefficient (Wildman–Crippen LogP) is 3.09. The van der Waals surface area contributed by atoms with Crippen molar-refractivity contribution in [1.29, 1.82) is 0 Å². The van der Waals surface area contributed by atoms with Crippen molar-refractivity contribution in [1.82, 2.24) is 0 Å². The van der Waals surface area contributed by atoms with Gasteiger partial charge in [-0.1, -0.05) is 20.3 Å². The first-order valence-corrected chi connectivity index (χ1v) is 6.03. The van der Waals surface area contributed by atoms with E-state index in [1.54, 1.807) is 6.07 Å². The summed E-state index contributed by atoms with van der Waals surface area (Å²) in [6, 6.07) is 3.57. The molecule has 0 bridgehead atoms. The van der Waals surface area contributed by atoms with Crippen LogP contribution in [-0.2, 0) is 0 Å². The smallest absolute Gasteiger partial charge is 0.167 e. The first kappa shape index (κ1) is 12.0. The normalized spacial score (nSPS) is 19.9. The van der Waals surface area contributed by atoms with Crippen molar-refractivity contribution < 1.29 is 9.13 Å². The van der Waals surface area contributed by atoms with Gasteiger partial charge in [0, 0.05) is 24.7 Å². The summed E-state index contributed by atoms with van der Waals surface area (Å²) in [5.74, 6) is 0.525. The van der Waals surface area contributed by atoms with Crippen molar-refractivity contribution in [3.63, 3.8) is 0 Å². The fourth-order valence-electron chi connectivity index (χ4n) is 2.07. The van der Waals surface area contributed by atoms with Gasteiger partial charge in [-0.3, -0.25) is 0 Å². The monoisotopic (exact) mass is 238 g/mol. The van der Waals surface area contributed by atoms with E-state index in [-0.39, 0.29) is 11.6 Å². The molecule has 0 aromatic heterocycles. The molecule has 0 saturated carbocycles. The van der Waals surface area contributed by atoms with Gasteiger partial charge in [0.05, 0.1) is 18.5 Å². The summed E-state index contributed by atoms with van der Waals surface area (Å²) in [5, 5.41) is 6.70. The highest BCUT2D eigenvalue weighted by molar-refractivity contribution is 5.73. The van der Waals surface area contributed by atoms with Gasteiger partial charge < -0.3 is 15.4 Å². The highest BCUT2D eigenvalue weighted by atomic mass is 19.1. The highest BCUT2D eigenvalue weighted by Crippen LogP contribution is 2.34. The van der Waals surface area contributed by atoms with Gasteiger partial charge in [-0.2, -0.15) is 0 Å². The zero-order valence-corrected chi connectivity index (χ0v) is 10.5. The summed E-state index contributed by atoms with van der Waals surface area (Å²) in [6.45, 7) is 5.21. The maximum atomic E-state index is 13.5. The van der Waals surface area contributed by atoms with Crippen LogP contribution in [0.25, 0.3) is 0 Å². The summed E-state index contributed by atoms with van der Waals surface area (Å²) in [5.41, 5.74) is 1.72. The van der Waals surface area contributed by atoms with Crippen LogP contribution < -0.4 is 15.4 Å². The fraction of sp³-hybridized carbons (Fsp3) is 0.538. The first-order valence-electron chi connectivity index (χ1n) is 6.03. The minimum atomic E-state index is -0.331. The van der Waals surface area contributed by atoms with E-state index < -0.39 is 0 Å². The number of anilines is 2. The van der Waals surface area contributed by atoms with Gasteiger partial charge in [0.1, 0.15) is 0 Å². The van der Waals surface area contributed by atoms with Crippen LogP contribution in [0.2, 0.25) is 0 Å². The lowest BCUT2D eigenvalue weighted by atomic mass is 9.97. The molecule has 1 heterocycles. The molecule has 0 saturated heterocycles. The number of fused-ring (bicyclic) bond motifs is 1. The Bertz CT molecular complexity index is 409. The Morgan fingerprint density at radius 2 is 2.24 bits per heavy atom. The molecule has 1 aromatic rings. The van der Waals surface area contributed by atoms with Crippen molar-refractivity contribution in [2.24, 2.45) is 5.92 Å². The topological polar surface area (TPSA) is 33.3 Å². The zero-order valence-electron chi connectivity index (χ0n) is 10.5. The maximum Gasteiger partial charge on any atom is 0.167 e. The van der Waals surface area contributed by atoms with Gasteiger partial charge >= 0.3 is 0 Å². The predicted molar refractivity (Wildman–Crippen MR) is 68.3 cm³/mol. The van der Waals surface area contributed by atoms with E-state index in [2.05, 4.69) is 24.5 Å². The van der Waals surface area contributed by atoms with Crippen LogP contribution in [0.3, 0.4) is 0 Å². The van der Waals surface area contributed by atoms with E-state index in [9.17, 15) is 4.39 Å². The lowest BCUT2D eigenvalue weighted by molar-refractivity contribution is 0.386. The summed E-state index contributed by atoms with van der Waals surface area (Å²) in [4.78, 5) is 0. The third-order valence-corrected chi connectivity index (χ3v) is 3.48. The Hall–Kier alpha value is -1.45. The van der Waals surface area contributed by atoms with E-state index in [1.165, 1.54) is 13.2 Å². The van der Waals surface area contributed by atoms with Crippen LogP contribution in [-0.4, -0.2) is 19.7 Å². The Morgan fingerprint density at radius 3 is 2.88 bits per heavy atom. The second kappa shape index (κ2) is 4.82. The highest BCUT2D eigenvalue weighted by Gasteiger charge is 2.22. The van der Waals surface area contributed by atoms with Crippen LogP contribution >= 0.6 is 0 Å². The molecule has 0 radical (unpaired) electrons. The van der Waals surface area contributed by atoms with Crippen molar-refractivity contribution in [3.05, 3.63) is 17.9 Å². The van der Waals surface area contributed by atoms with Crippen LogP contribution in [0.4, 0.5) is 15.8 Å². The van der Waals surface area contributed by atoms with Crippen LogP contribution in [0, 0.1) is 11.7 Å². The average Bonchev–Trinajstić information content (AvgIpc) is 2.36. The van der Waals surface area contributed by atoms with Crippen molar-refractivity contribution >= 4 is 11.4 Å². The second-order valence-corrected chi connectivity index (χ2v) is 4.55. The molecule has 2 atom stereocenters. The second-order valence-electron chi connectivity index (χ2n) is 4.55. The third-order valence-electron chi connectivity index (χ3n) is 3.48. The Kier molecular flexibility index (Phi) is 3.41. The summed E-state index contributed by atoms with van der Waals surface area (Å²) in [7, 11) is 1.48. The lowest BCUT2D eigenvalue weighted by Crippen LogP contribution is -2.37. The molecule has 0 spiro atoms. The van der Waals surface area contributed by atoms with Crippen LogP contribution in [0.1, 0.15) is 20.3 Å². The molecule has 3 nitrogen and oxygen atoms in total. The van der Waals surface area contributed by atoms with Gasteiger partial charge in [-0.15, -0.1) is 0 Å². The number of ether oxygens (including phenoxy) is 1. The van der Waals surface area contributed by atoms with Crippen molar-refractivity contribution in [2.75, 3.05) is 24.3 Å². The van der Waals surface area contributed by atoms with Gasteiger partial charge in [-0.05, 0) is 5.92 Å². The molecule has 2 N–H and O–H groups in total. The Morgan fingerprint density at radius 1 is 1.47 bits per heavy atom. The van der Waals surface area contributed by atoms with E-state index in [1.807, 2.05) is 0 Å². The van der Waals surface area contributed by atoms with E-state index in [0.29, 0.717) is 12.0 Å². The molecule has 1 aliphatic rings. The average molecular weight is 238 g/mol. The van der Waals surface area contributed by atoms with Crippen molar-refractivity contribution in [3.8, 4) is 5.75 Å². The lowest BCUT2D eigenvalue weighted by Gasteiger charge is -2.32. The Labute approximate surface area is 101 Å². The van der Waals surface area contributed by atoms with E-state index in [0.717, 1.165) is 24.3 Å². The summed E-state index contributed by atoms with van der Waals surface area (Å²) in [6.07, 6.45) is 1.12. The number of methoxy groups -OCH3 is 1. The molecule has 2 rings (SSSR count). The molecule has 0 aliphatic carbocycles. The molecule has 1 aromatic carbocycles. The quantitative estimate of drug-likeness (QED) is 0.849. The number of benzene rings is 1. The fourth-order valence-corrected chi connectivity index (χ4v) is 2.07. The maximum absolute atomic E-state index is 13.5. The number of nitrogens with one attached hydrogen (secondary N) is 2. The molecule has 0 fully saturated rings. The van der Waals surface area contributed by atoms with Gasteiger partial charge in [0.2, 0.25) is 0 Å². The Balaban J connectivity index is 2.25. The molecular weight excluding hydrogens is 219 g/mol. The SMILES string of the molecule is CCC(C)C1CNc2cc(F)c(OC)cc2N1. The molecule has 4 heteroatoms.